The summed E-state index contributed by atoms with van der Waals surface area (Å²) in [6.07, 6.45) is 1.36. The molecule has 0 unspecified atom stereocenters. The maximum Gasteiger partial charge on any atom is 0.496 e. The predicted molar refractivity (Wildman–Crippen MR) is 111 cm³/mol. The zero-order valence-electron chi connectivity index (χ0n) is 17.8. The van der Waals surface area contributed by atoms with Crippen LogP contribution in [-0.2, 0) is 20.6 Å². The third kappa shape index (κ3) is 4.47. The molecule has 1 aromatic carbocycles. The number of rotatable bonds is 3. The summed E-state index contributed by atoms with van der Waals surface area (Å²) in [5, 5.41) is 3.75. The van der Waals surface area contributed by atoms with Crippen LogP contribution >= 0.6 is 0 Å². The van der Waals surface area contributed by atoms with Gasteiger partial charge >= 0.3 is 13.2 Å². The lowest BCUT2D eigenvalue weighted by atomic mass is 9.80. The van der Waals surface area contributed by atoms with Crippen LogP contribution in [0, 0.1) is 0 Å². The first-order chi connectivity index (χ1) is 12.9. The summed E-state index contributed by atoms with van der Waals surface area (Å²) >= 11 is 0. The molecular weight excluding hydrogens is 355 g/mol. The number of nitrogens with zero attached hydrogens (tertiary/aromatic N) is 1. The van der Waals surface area contributed by atoms with Crippen molar-refractivity contribution in [1.29, 1.82) is 0 Å². The van der Waals surface area contributed by atoms with Gasteiger partial charge in [-0.1, -0.05) is 12.1 Å². The molecule has 0 atom stereocenters. The molecule has 3 rings (SSSR count). The maximum atomic E-state index is 11.9. The monoisotopic (exact) mass is 384 g/mol. The first-order valence-electron chi connectivity index (χ1n) is 9.57. The van der Waals surface area contributed by atoms with Crippen LogP contribution in [0.5, 0.6) is 0 Å². The highest BCUT2D eigenvalue weighted by Gasteiger charge is 2.51. The van der Waals surface area contributed by atoms with E-state index in [1.165, 1.54) is 0 Å². The molecule has 1 fully saturated rings. The van der Waals surface area contributed by atoms with Crippen molar-refractivity contribution in [3.05, 3.63) is 36.0 Å². The van der Waals surface area contributed by atoms with Crippen molar-refractivity contribution < 1.29 is 18.8 Å². The number of carbonyl (C=O) groups excluding carboxylic acids is 1. The first-order valence-corrected chi connectivity index (χ1v) is 9.57. The van der Waals surface area contributed by atoms with Crippen LogP contribution in [0.3, 0.4) is 0 Å². The van der Waals surface area contributed by atoms with Crippen molar-refractivity contribution in [1.82, 2.24) is 10.3 Å². The van der Waals surface area contributed by atoms with E-state index in [0.717, 1.165) is 21.9 Å². The number of nitrogens with one attached hydrogen (secondary N) is 1. The number of ether oxygens (including phenoxy) is 1. The van der Waals surface area contributed by atoms with Crippen LogP contribution in [0.4, 0.5) is 4.79 Å². The average molecular weight is 384 g/mol. The average Bonchev–Trinajstić information content (AvgIpc) is 2.78. The molecular formula is C21H29BN2O4. The number of aromatic nitrogens is 1. The minimum absolute atomic E-state index is 0.381. The van der Waals surface area contributed by atoms with Gasteiger partial charge in [0.05, 0.1) is 16.7 Å². The number of pyridine rings is 1. The third-order valence-electron chi connectivity index (χ3n) is 5.13. The molecule has 0 radical (unpaired) electrons. The number of fused-ring (bicyclic) bond motifs is 1. The summed E-state index contributed by atoms with van der Waals surface area (Å²) in [5.74, 6) is 0. The Labute approximate surface area is 167 Å². The molecule has 1 aliphatic heterocycles. The van der Waals surface area contributed by atoms with Crippen molar-refractivity contribution in [2.75, 3.05) is 0 Å². The Morgan fingerprint density at radius 2 is 1.79 bits per heavy atom. The van der Waals surface area contributed by atoms with E-state index in [1.54, 1.807) is 6.20 Å². The zero-order valence-corrected chi connectivity index (χ0v) is 17.8. The Bertz CT molecular complexity index is 874. The lowest BCUT2D eigenvalue weighted by Gasteiger charge is -2.32. The molecule has 2 aromatic rings. The van der Waals surface area contributed by atoms with Crippen molar-refractivity contribution in [3.8, 4) is 0 Å². The Morgan fingerprint density at radius 1 is 1.14 bits per heavy atom. The lowest BCUT2D eigenvalue weighted by molar-refractivity contribution is 0.00578. The van der Waals surface area contributed by atoms with Crippen LogP contribution in [0.2, 0.25) is 0 Å². The van der Waals surface area contributed by atoms with Crippen molar-refractivity contribution in [2.45, 2.75) is 71.8 Å². The lowest BCUT2D eigenvalue weighted by Crippen LogP contribution is -2.41. The van der Waals surface area contributed by atoms with E-state index in [1.807, 2.05) is 72.7 Å². The smallest absolute Gasteiger partial charge is 0.444 e. The molecule has 0 bridgehead atoms. The summed E-state index contributed by atoms with van der Waals surface area (Å²) < 4.78 is 17.5. The van der Waals surface area contributed by atoms with Crippen LogP contribution in [0.25, 0.3) is 10.9 Å². The van der Waals surface area contributed by atoms with Gasteiger partial charge in [-0.15, -0.1) is 0 Å². The molecule has 1 N–H and O–H groups in total. The fraction of sp³-hybridized carbons (Fsp3) is 0.524. The molecule has 150 valence electrons. The molecule has 1 saturated heterocycles. The second-order valence-electron chi connectivity index (χ2n) is 9.24. The van der Waals surface area contributed by atoms with Gasteiger partial charge in [-0.05, 0) is 66.2 Å². The van der Waals surface area contributed by atoms with E-state index in [2.05, 4.69) is 10.3 Å². The highest BCUT2D eigenvalue weighted by molar-refractivity contribution is 6.62. The summed E-state index contributed by atoms with van der Waals surface area (Å²) in [4.78, 5) is 16.4. The number of hydrogen-bond donors (Lipinski definition) is 1. The van der Waals surface area contributed by atoms with E-state index >= 15 is 0 Å². The fourth-order valence-electron chi connectivity index (χ4n) is 2.90. The maximum absolute atomic E-state index is 11.9. The normalized spacial score (nSPS) is 18.3. The van der Waals surface area contributed by atoms with Crippen LogP contribution in [0.1, 0.15) is 54.0 Å². The minimum atomic E-state index is -0.519. The van der Waals surface area contributed by atoms with Gasteiger partial charge in [-0.25, -0.2) is 4.79 Å². The topological polar surface area (TPSA) is 69.7 Å². The number of amides is 1. The molecule has 28 heavy (non-hydrogen) atoms. The summed E-state index contributed by atoms with van der Waals surface area (Å²) in [7, 11) is -0.453. The Morgan fingerprint density at radius 3 is 2.39 bits per heavy atom. The van der Waals surface area contributed by atoms with Gasteiger partial charge in [-0.3, -0.25) is 4.98 Å². The zero-order chi connectivity index (χ0) is 20.7. The van der Waals surface area contributed by atoms with E-state index in [-0.39, 0.29) is 0 Å². The second-order valence-corrected chi connectivity index (χ2v) is 9.24. The fourth-order valence-corrected chi connectivity index (χ4v) is 2.90. The van der Waals surface area contributed by atoms with Gasteiger partial charge in [0.2, 0.25) is 0 Å². The quantitative estimate of drug-likeness (QED) is 0.820. The summed E-state index contributed by atoms with van der Waals surface area (Å²) in [6.45, 7) is 14.0. The van der Waals surface area contributed by atoms with E-state index < -0.39 is 30.0 Å². The van der Waals surface area contributed by atoms with E-state index in [9.17, 15) is 4.79 Å². The van der Waals surface area contributed by atoms with Crippen LogP contribution < -0.4 is 10.8 Å². The number of benzene rings is 1. The first kappa shape index (κ1) is 20.6. The SMILES string of the molecule is CC(C)(C)OC(=O)NCc1ccc2ncc(B3OC(C)(C)C(C)(C)O3)cc2c1. The largest absolute Gasteiger partial charge is 0.496 e. The van der Waals surface area contributed by atoms with Crippen molar-refractivity contribution in [3.63, 3.8) is 0 Å². The molecule has 0 spiro atoms. The predicted octanol–water partition coefficient (Wildman–Crippen LogP) is 3.56. The minimum Gasteiger partial charge on any atom is -0.444 e. The highest BCUT2D eigenvalue weighted by Crippen LogP contribution is 2.36. The second kappa shape index (κ2) is 7.05. The molecule has 7 heteroatoms. The van der Waals surface area contributed by atoms with Crippen molar-refractivity contribution >= 4 is 29.6 Å². The Hall–Kier alpha value is -2.12. The molecule has 0 aliphatic carbocycles. The van der Waals surface area contributed by atoms with Gasteiger partial charge < -0.3 is 19.4 Å². The third-order valence-corrected chi connectivity index (χ3v) is 5.13. The van der Waals surface area contributed by atoms with E-state index in [0.29, 0.717) is 6.54 Å². The molecule has 6 nitrogen and oxygen atoms in total. The van der Waals surface area contributed by atoms with Crippen LogP contribution in [-0.4, -0.2) is 35.0 Å². The van der Waals surface area contributed by atoms with Gasteiger partial charge in [0.1, 0.15) is 5.60 Å². The highest BCUT2D eigenvalue weighted by atomic mass is 16.7. The Kier molecular flexibility index (Phi) is 5.19. The molecule has 2 heterocycles. The molecule has 0 saturated carbocycles. The standard InChI is InChI=1S/C21H29BN2O4/c1-19(2,3)26-18(25)24-12-14-8-9-17-15(10-14)11-16(13-23-17)22-27-20(4,5)21(6,7)28-22/h8-11,13H,12H2,1-7H3,(H,24,25). The van der Waals surface area contributed by atoms with Crippen LogP contribution in [0.15, 0.2) is 30.5 Å². The van der Waals surface area contributed by atoms with E-state index in [4.69, 9.17) is 14.0 Å². The van der Waals surface area contributed by atoms with Gasteiger partial charge in [-0.2, -0.15) is 0 Å². The summed E-state index contributed by atoms with van der Waals surface area (Å²) in [5.41, 5.74) is 1.41. The number of hydrogen-bond acceptors (Lipinski definition) is 5. The molecule has 1 aliphatic rings. The number of carbonyl (C=O) groups is 1. The molecule has 1 aromatic heterocycles. The van der Waals surface area contributed by atoms with Gasteiger partial charge in [0.15, 0.2) is 0 Å². The van der Waals surface area contributed by atoms with Gasteiger partial charge in [0, 0.05) is 23.6 Å². The van der Waals surface area contributed by atoms with Gasteiger partial charge in [0.25, 0.3) is 0 Å². The Balaban J connectivity index is 1.76. The number of alkyl carbamates (subject to hydrolysis) is 1. The van der Waals surface area contributed by atoms with Crippen molar-refractivity contribution in [2.24, 2.45) is 0 Å². The summed E-state index contributed by atoms with van der Waals surface area (Å²) in [6, 6.07) is 7.92. The molecule has 1 amide bonds.